The molecule has 2 saturated heterocycles. The maximum Gasteiger partial charge on any atom is 0.317 e. The number of hydrogen-bond acceptors (Lipinski definition) is 4. The second kappa shape index (κ2) is 6.98. The van der Waals surface area contributed by atoms with Crippen LogP contribution in [-0.2, 0) is 4.74 Å². The van der Waals surface area contributed by atoms with E-state index in [1.807, 2.05) is 11.8 Å². The van der Waals surface area contributed by atoms with Crippen LogP contribution in [0.2, 0.25) is 0 Å². The topological polar surface area (TPSA) is 44.8 Å². The van der Waals surface area contributed by atoms with E-state index in [2.05, 4.69) is 34.0 Å². The van der Waals surface area contributed by atoms with Crippen molar-refractivity contribution in [2.24, 2.45) is 0 Å². The summed E-state index contributed by atoms with van der Waals surface area (Å²) < 4.78 is 5.50. The van der Waals surface area contributed by atoms with Crippen molar-refractivity contribution in [3.05, 3.63) is 22.4 Å². The molecule has 22 heavy (non-hydrogen) atoms. The Balaban J connectivity index is 1.48. The van der Waals surface area contributed by atoms with Gasteiger partial charge in [-0.15, -0.1) is 0 Å². The third-order valence-corrected chi connectivity index (χ3v) is 5.56. The number of amides is 2. The fourth-order valence-electron chi connectivity index (χ4n) is 3.21. The molecular formula is C16H25N3O2S. The molecule has 6 heteroatoms. The molecule has 2 aliphatic heterocycles. The third kappa shape index (κ3) is 3.45. The van der Waals surface area contributed by atoms with Crippen molar-refractivity contribution in [2.75, 3.05) is 32.8 Å². The van der Waals surface area contributed by atoms with Gasteiger partial charge in [-0.3, -0.25) is 4.90 Å². The molecule has 0 spiro atoms. The van der Waals surface area contributed by atoms with E-state index in [0.29, 0.717) is 6.04 Å². The van der Waals surface area contributed by atoms with E-state index in [0.717, 1.165) is 39.2 Å². The Labute approximate surface area is 136 Å². The van der Waals surface area contributed by atoms with Crippen molar-refractivity contribution in [3.63, 3.8) is 0 Å². The van der Waals surface area contributed by atoms with Crippen LogP contribution in [0.4, 0.5) is 4.79 Å². The van der Waals surface area contributed by atoms with Crippen molar-refractivity contribution in [2.45, 2.75) is 38.5 Å². The summed E-state index contributed by atoms with van der Waals surface area (Å²) in [5.74, 6) is 0. The predicted molar refractivity (Wildman–Crippen MR) is 88.2 cm³/mol. The quantitative estimate of drug-likeness (QED) is 0.928. The fraction of sp³-hybridized carbons (Fsp3) is 0.688. The van der Waals surface area contributed by atoms with Crippen LogP contribution in [0, 0.1) is 0 Å². The van der Waals surface area contributed by atoms with Crippen molar-refractivity contribution in [3.8, 4) is 0 Å². The average Bonchev–Trinajstić information content (AvgIpc) is 3.19. The molecule has 0 radical (unpaired) electrons. The highest BCUT2D eigenvalue weighted by Crippen LogP contribution is 2.23. The van der Waals surface area contributed by atoms with Crippen LogP contribution in [0.1, 0.15) is 31.9 Å². The minimum Gasteiger partial charge on any atom is -0.376 e. The highest BCUT2D eigenvalue weighted by atomic mass is 32.1. The summed E-state index contributed by atoms with van der Waals surface area (Å²) in [7, 11) is 0. The Morgan fingerprint density at radius 1 is 1.41 bits per heavy atom. The van der Waals surface area contributed by atoms with E-state index in [4.69, 9.17) is 4.74 Å². The molecule has 2 fully saturated rings. The SMILES string of the molecule is C[C@@H]1OCC[C@H]1NC(=O)N1CCN([C@@H](C)c2ccsc2)CC1. The van der Waals surface area contributed by atoms with E-state index in [1.54, 1.807) is 11.3 Å². The second-order valence-electron chi connectivity index (χ2n) is 6.18. The van der Waals surface area contributed by atoms with E-state index in [-0.39, 0.29) is 18.2 Å². The number of urea groups is 1. The molecule has 0 aliphatic carbocycles. The van der Waals surface area contributed by atoms with Gasteiger partial charge in [0.1, 0.15) is 0 Å². The number of carbonyl (C=O) groups excluding carboxylic acids is 1. The molecular weight excluding hydrogens is 298 g/mol. The largest absolute Gasteiger partial charge is 0.376 e. The molecule has 0 aromatic carbocycles. The maximum absolute atomic E-state index is 12.3. The van der Waals surface area contributed by atoms with Gasteiger partial charge in [0.05, 0.1) is 12.1 Å². The number of nitrogens with one attached hydrogen (secondary N) is 1. The van der Waals surface area contributed by atoms with Crippen molar-refractivity contribution in [1.82, 2.24) is 15.1 Å². The molecule has 0 bridgehead atoms. The molecule has 3 heterocycles. The monoisotopic (exact) mass is 323 g/mol. The van der Waals surface area contributed by atoms with Gasteiger partial charge >= 0.3 is 6.03 Å². The molecule has 122 valence electrons. The summed E-state index contributed by atoms with van der Waals surface area (Å²) in [5, 5.41) is 7.45. The van der Waals surface area contributed by atoms with Gasteiger partial charge in [-0.2, -0.15) is 11.3 Å². The molecule has 1 aromatic heterocycles. The molecule has 0 unspecified atom stereocenters. The van der Waals surface area contributed by atoms with Crippen LogP contribution < -0.4 is 5.32 Å². The first kappa shape index (κ1) is 15.8. The Morgan fingerprint density at radius 3 is 2.77 bits per heavy atom. The van der Waals surface area contributed by atoms with Gasteiger partial charge in [-0.1, -0.05) is 0 Å². The molecule has 2 amide bonds. The van der Waals surface area contributed by atoms with Crippen LogP contribution in [0.25, 0.3) is 0 Å². The number of hydrogen-bond donors (Lipinski definition) is 1. The molecule has 3 atom stereocenters. The lowest BCUT2D eigenvalue weighted by Crippen LogP contribution is -2.54. The summed E-state index contributed by atoms with van der Waals surface area (Å²) in [5.41, 5.74) is 1.37. The number of nitrogens with zero attached hydrogens (tertiary/aromatic N) is 2. The summed E-state index contributed by atoms with van der Waals surface area (Å²) >= 11 is 1.74. The molecule has 1 N–H and O–H groups in total. The van der Waals surface area contributed by atoms with Crippen molar-refractivity contribution < 1.29 is 9.53 Å². The van der Waals surface area contributed by atoms with Crippen LogP contribution in [0.3, 0.4) is 0 Å². The summed E-state index contributed by atoms with van der Waals surface area (Å²) in [6.45, 7) is 8.47. The van der Waals surface area contributed by atoms with Gasteiger partial charge in [0.25, 0.3) is 0 Å². The van der Waals surface area contributed by atoms with Crippen LogP contribution in [0.15, 0.2) is 16.8 Å². The van der Waals surface area contributed by atoms with E-state index in [1.165, 1.54) is 5.56 Å². The Bertz CT molecular complexity index is 486. The van der Waals surface area contributed by atoms with Crippen LogP contribution in [0.5, 0.6) is 0 Å². The lowest BCUT2D eigenvalue weighted by Gasteiger charge is -2.38. The third-order valence-electron chi connectivity index (χ3n) is 4.86. The van der Waals surface area contributed by atoms with E-state index in [9.17, 15) is 4.79 Å². The van der Waals surface area contributed by atoms with Gasteiger partial charge in [0.2, 0.25) is 0 Å². The number of piperazine rings is 1. The second-order valence-corrected chi connectivity index (χ2v) is 6.96. The van der Waals surface area contributed by atoms with E-state index < -0.39 is 0 Å². The average molecular weight is 323 g/mol. The zero-order chi connectivity index (χ0) is 15.5. The number of carbonyl (C=O) groups is 1. The van der Waals surface area contributed by atoms with E-state index >= 15 is 0 Å². The standard InChI is InChI=1S/C16H25N3O2S/c1-12(14-4-10-22-11-14)18-5-7-19(8-6-18)16(20)17-15-3-9-21-13(15)2/h4,10-13,15H,3,5-9H2,1-2H3,(H,17,20)/t12-,13-,15+/m0/s1. The Hall–Kier alpha value is -1.11. The lowest BCUT2D eigenvalue weighted by molar-refractivity contribution is 0.100. The number of rotatable bonds is 3. The first-order chi connectivity index (χ1) is 10.6. The minimum atomic E-state index is 0.0604. The minimum absolute atomic E-state index is 0.0604. The van der Waals surface area contributed by atoms with Gasteiger partial charge in [-0.05, 0) is 42.7 Å². The number of thiophene rings is 1. The normalized spacial score (nSPS) is 27.8. The summed E-state index contributed by atoms with van der Waals surface area (Å²) in [6.07, 6.45) is 1.05. The maximum atomic E-state index is 12.3. The molecule has 1 aromatic rings. The van der Waals surface area contributed by atoms with Gasteiger partial charge < -0.3 is 15.0 Å². The molecule has 2 aliphatic rings. The van der Waals surface area contributed by atoms with Gasteiger partial charge in [0, 0.05) is 38.8 Å². The van der Waals surface area contributed by atoms with Crippen molar-refractivity contribution >= 4 is 17.4 Å². The van der Waals surface area contributed by atoms with Crippen molar-refractivity contribution in [1.29, 1.82) is 0 Å². The first-order valence-electron chi connectivity index (χ1n) is 8.08. The zero-order valence-electron chi connectivity index (χ0n) is 13.3. The predicted octanol–water partition coefficient (Wildman–Crippen LogP) is 2.31. The molecule has 5 nitrogen and oxygen atoms in total. The zero-order valence-corrected chi connectivity index (χ0v) is 14.1. The highest BCUT2D eigenvalue weighted by Gasteiger charge is 2.29. The molecule has 0 saturated carbocycles. The van der Waals surface area contributed by atoms with Crippen LogP contribution >= 0.6 is 11.3 Å². The lowest BCUT2D eigenvalue weighted by atomic mass is 10.1. The first-order valence-corrected chi connectivity index (χ1v) is 9.02. The highest BCUT2D eigenvalue weighted by molar-refractivity contribution is 7.07. The fourth-order valence-corrected chi connectivity index (χ4v) is 3.95. The number of ether oxygens (including phenoxy) is 1. The Morgan fingerprint density at radius 2 is 2.18 bits per heavy atom. The summed E-state index contributed by atoms with van der Waals surface area (Å²) in [4.78, 5) is 16.7. The van der Waals surface area contributed by atoms with Gasteiger partial charge in [-0.25, -0.2) is 4.79 Å². The smallest absolute Gasteiger partial charge is 0.317 e. The summed E-state index contributed by atoms with van der Waals surface area (Å²) in [6, 6.07) is 2.84. The molecule has 3 rings (SSSR count). The van der Waals surface area contributed by atoms with Crippen LogP contribution in [-0.4, -0.2) is 60.8 Å². The van der Waals surface area contributed by atoms with Gasteiger partial charge in [0.15, 0.2) is 0 Å². The Kier molecular flexibility index (Phi) is 5.00.